The molecule has 0 atom stereocenters. The molecule has 0 aliphatic rings. The maximum atomic E-state index is 9.65. The Hall–Kier alpha value is -2.42. The van der Waals surface area contributed by atoms with Gasteiger partial charge in [-0.25, -0.2) is 0 Å². The second-order valence-electron chi connectivity index (χ2n) is 5.23. The second-order valence-corrected chi connectivity index (χ2v) is 5.23. The van der Waals surface area contributed by atoms with Crippen molar-refractivity contribution in [2.24, 2.45) is 0 Å². The molecule has 1 N–H and O–H groups in total. The van der Waals surface area contributed by atoms with Gasteiger partial charge in [-0.1, -0.05) is 12.1 Å². The third-order valence-corrected chi connectivity index (χ3v) is 3.67. The fraction of sp³-hybridized carbons (Fsp3) is 0.222. The van der Waals surface area contributed by atoms with E-state index in [0.717, 1.165) is 28.9 Å². The summed E-state index contributed by atoms with van der Waals surface area (Å²) in [5.41, 5.74) is 3.34. The van der Waals surface area contributed by atoms with Gasteiger partial charge in [0.05, 0.1) is 11.2 Å². The highest BCUT2D eigenvalue weighted by Gasteiger charge is 2.09. The third kappa shape index (κ3) is 2.72. The summed E-state index contributed by atoms with van der Waals surface area (Å²) in [7, 11) is 0. The predicted molar refractivity (Wildman–Crippen MR) is 84.8 cm³/mol. The van der Waals surface area contributed by atoms with Gasteiger partial charge < -0.3 is 14.4 Å². The van der Waals surface area contributed by atoms with Crippen LogP contribution in [0.25, 0.3) is 10.9 Å². The van der Waals surface area contributed by atoms with Crippen molar-refractivity contribution in [2.75, 3.05) is 0 Å². The summed E-state index contributed by atoms with van der Waals surface area (Å²) in [6.45, 7) is 5.52. The van der Waals surface area contributed by atoms with Crippen LogP contribution in [0.3, 0.4) is 0 Å². The van der Waals surface area contributed by atoms with Gasteiger partial charge in [-0.15, -0.1) is 0 Å². The number of fused-ring (bicyclic) bond motifs is 1. The van der Waals surface area contributed by atoms with E-state index in [1.165, 1.54) is 5.56 Å². The molecule has 1 heterocycles. The minimum atomic E-state index is 0.293. The highest BCUT2D eigenvalue weighted by Crippen LogP contribution is 2.25. The first-order chi connectivity index (χ1) is 10.2. The zero-order valence-electron chi connectivity index (χ0n) is 12.3. The van der Waals surface area contributed by atoms with Gasteiger partial charge in [-0.3, -0.25) is 0 Å². The van der Waals surface area contributed by atoms with E-state index in [4.69, 9.17) is 4.74 Å². The molecular formula is C18H19NO2. The van der Waals surface area contributed by atoms with E-state index >= 15 is 0 Å². The number of phenolic OH excluding ortho intramolecular Hbond substituents is 1. The van der Waals surface area contributed by atoms with Crippen LogP contribution in [-0.2, 0) is 13.2 Å². The van der Waals surface area contributed by atoms with Crippen LogP contribution < -0.4 is 4.74 Å². The number of aryl methyl sites for hydroxylation is 2. The van der Waals surface area contributed by atoms with E-state index in [0.29, 0.717) is 12.4 Å². The van der Waals surface area contributed by atoms with Gasteiger partial charge in [0.1, 0.15) is 18.1 Å². The Morgan fingerprint density at radius 3 is 2.71 bits per heavy atom. The molecule has 0 spiro atoms. The van der Waals surface area contributed by atoms with Crippen LogP contribution in [0.5, 0.6) is 11.5 Å². The molecule has 2 aromatic carbocycles. The van der Waals surface area contributed by atoms with Crippen molar-refractivity contribution < 1.29 is 9.84 Å². The highest BCUT2D eigenvalue weighted by molar-refractivity contribution is 5.82. The fourth-order valence-corrected chi connectivity index (χ4v) is 2.66. The molecule has 21 heavy (non-hydrogen) atoms. The summed E-state index contributed by atoms with van der Waals surface area (Å²) in [6.07, 6.45) is 0. The van der Waals surface area contributed by atoms with Crippen molar-refractivity contribution in [2.45, 2.75) is 27.0 Å². The molecular weight excluding hydrogens is 262 g/mol. The van der Waals surface area contributed by atoms with Crippen molar-refractivity contribution in [1.82, 2.24) is 4.57 Å². The van der Waals surface area contributed by atoms with Crippen LogP contribution in [-0.4, -0.2) is 9.67 Å². The summed E-state index contributed by atoms with van der Waals surface area (Å²) in [6, 6.07) is 15.6. The molecule has 108 valence electrons. The van der Waals surface area contributed by atoms with Crippen LogP contribution >= 0.6 is 0 Å². The number of benzene rings is 2. The smallest absolute Gasteiger partial charge is 0.128 e. The largest absolute Gasteiger partial charge is 0.508 e. The lowest BCUT2D eigenvalue weighted by Crippen LogP contribution is -2.04. The van der Waals surface area contributed by atoms with Gasteiger partial charge in [0, 0.05) is 18.0 Å². The molecule has 0 aliphatic heterocycles. The predicted octanol–water partition coefficient (Wildman–Crippen LogP) is 4.25. The standard InChI is InChI=1S/C18H19NO2/c1-3-19-15(10-14-7-8-16(20)11-18(14)19)12-21-17-6-4-5-13(2)9-17/h4-11,20H,3,12H2,1-2H3. The summed E-state index contributed by atoms with van der Waals surface area (Å²) in [5, 5.41) is 10.8. The number of aromatic nitrogens is 1. The van der Waals surface area contributed by atoms with Gasteiger partial charge in [0.15, 0.2) is 0 Å². The Labute approximate surface area is 124 Å². The van der Waals surface area contributed by atoms with Crippen LogP contribution in [0.2, 0.25) is 0 Å². The second kappa shape index (κ2) is 5.52. The molecule has 3 heteroatoms. The summed E-state index contributed by atoms with van der Waals surface area (Å²) in [5.74, 6) is 1.17. The minimum Gasteiger partial charge on any atom is -0.508 e. The molecule has 1 aromatic heterocycles. The van der Waals surface area contributed by atoms with Gasteiger partial charge >= 0.3 is 0 Å². The van der Waals surface area contributed by atoms with Gasteiger partial charge in [0.2, 0.25) is 0 Å². The average Bonchev–Trinajstić information content (AvgIpc) is 2.82. The SMILES string of the molecule is CCn1c(COc2cccc(C)c2)cc2ccc(O)cc21. The topological polar surface area (TPSA) is 34.4 Å². The molecule has 3 aromatic rings. The third-order valence-electron chi connectivity index (χ3n) is 3.67. The van der Waals surface area contributed by atoms with Crippen molar-refractivity contribution in [1.29, 1.82) is 0 Å². The van der Waals surface area contributed by atoms with E-state index in [2.05, 4.69) is 30.5 Å². The van der Waals surface area contributed by atoms with Gasteiger partial charge in [-0.2, -0.15) is 0 Å². The van der Waals surface area contributed by atoms with Crippen molar-refractivity contribution in [3.63, 3.8) is 0 Å². The monoisotopic (exact) mass is 281 g/mol. The number of aromatic hydroxyl groups is 1. The highest BCUT2D eigenvalue weighted by atomic mass is 16.5. The zero-order chi connectivity index (χ0) is 14.8. The number of ether oxygens (including phenoxy) is 1. The minimum absolute atomic E-state index is 0.293. The van der Waals surface area contributed by atoms with Crippen LogP contribution in [0.4, 0.5) is 0 Å². The van der Waals surface area contributed by atoms with Crippen LogP contribution in [0, 0.1) is 6.92 Å². The lowest BCUT2D eigenvalue weighted by Gasteiger charge is -2.10. The molecule has 0 saturated carbocycles. The van der Waals surface area contributed by atoms with Crippen molar-refractivity contribution in [3.05, 3.63) is 59.8 Å². The fourth-order valence-electron chi connectivity index (χ4n) is 2.66. The molecule has 3 rings (SSSR count). The molecule has 0 aliphatic carbocycles. The molecule has 0 fully saturated rings. The maximum absolute atomic E-state index is 9.65. The maximum Gasteiger partial charge on any atom is 0.128 e. The van der Waals surface area contributed by atoms with E-state index in [9.17, 15) is 5.11 Å². The molecule has 0 amide bonds. The summed E-state index contributed by atoms with van der Waals surface area (Å²) in [4.78, 5) is 0. The van der Waals surface area contributed by atoms with Crippen molar-refractivity contribution in [3.8, 4) is 11.5 Å². The molecule has 3 nitrogen and oxygen atoms in total. The Morgan fingerprint density at radius 1 is 1.10 bits per heavy atom. The molecule has 0 bridgehead atoms. The molecule has 0 unspecified atom stereocenters. The zero-order valence-corrected chi connectivity index (χ0v) is 12.3. The van der Waals surface area contributed by atoms with E-state index in [1.807, 2.05) is 24.3 Å². The Bertz CT molecular complexity index is 774. The normalized spacial score (nSPS) is 11.0. The summed E-state index contributed by atoms with van der Waals surface area (Å²) >= 11 is 0. The first-order valence-electron chi connectivity index (χ1n) is 7.18. The van der Waals surface area contributed by atoms with E-state index in [-0.39, 0.29) is 0 Å². The number of hydrogen-bond acceptors (Lipinski definition) is 2. The van der Waals surface area contributed by atoms with Crippen molar-refractivity contribution >= 4 is 10.9 Å². The lowest BCUT2D eigenvalue weighted by molar-refractivity contribution is 0.296. The Morgan fingerprint density at radius 2 is 1.95 bits per heavy atom. The number of hydrogen-bond donors (Lipinski definition) is 1. The van der Waals surface area contributed by atoms with Crippen LogP contribution in [0.15, 0.2) is 48.5 Å². The van der Waals surface area contributed by atoms with Crippen LogP contribution in [0.1, 0.15) is 18.2 Å². The molecule has 0 radical (unpaired) electrons. The molecule has 0 saturated heterocycles. The van der Waals surface area contributed by atoms with E-state index < -0.39 is 0 Å². The van der Waals surface area contributed by atoms with Gasteiger partial charge in [0.25, 0.3) is 0 Å². The van der Waals surface area contributed by atoms with E-state index in [1.54, 1.807) is 12.1 Å². The Kier molecular flexibility index (Phi) is 3.57. The first kappa shape index (κ1) is 13.6. The average molecular weight is 281 g/mol. The Balaban J connectivity index is 1.90. The first-order valence-corrected chi connectivity index (χ1v) is 7.18. The number of phenols is 1. The summed E-state index contributed by atoms with van der Waals surface area (Å²) < 4.78 is 8.06. The number of rotatable bonds is 4. The lowest BCUT2D eigenvalue weighted by atomic mass is 10.2. The quantitative estimate of drug-likeness (QED) is 0.775. The number of nitrogens with zero attached hydrogens (tertiary/aromatic N) is 1. The van der Waals surface area contributed by atoms with Gasteiger partial charge in [-0.05, 0) is 49.7 Å².